The predicted octanol–water partition coefficient (Wildman–Crippen LogP) is 3.97. The second-order valence-electron chi connectivity index (χ2n) is 6.97. The molecule has 2 heterocycles. The third-order valence-corrected chi connectivity index (χ3v) is 7.04. The van der Waals surface area contributed by atoms with Crippen LogP contribution >= 0.6 is 23.1 Å². The first-order valence-electron chi connectivity index (χ1n) is 10.0. The zero-order valence-corrected chi connectivity index (χ0v) is 20.6. The number of methoxy groups -OCH3 is 1. The van der Waals surface area contributed by atoms with Gasteiger partial charge in [-0.1, -0.05) is 11.8 Å². The van der Waals surface area contributed by atoms with Gasteiger partial charge < -0.3 is 19.4 Å². The van der Waals surface area contributed by atoms with Crippen LogP contribution in [-0.2, 0) is 16.6 Å². The molecule has 9 nitrogen and oxygen atoms in total. The zero-order valence-electron chi connectivity index (χ0n) is 18.9. The highest BCUT2D eigenvalue weighted by molar-refractivity contribution is 7.99. The number of benzene rings is 1. The minimum Gasteiger partial charge on any atom is -0.497 e. The molecule has 0 atom stereocenters. The summed E-state index contributed by atoms with van der Waals surface area (Å²) in [5, 5.41) is 12.0. The summed E-state index contributed by atoms with van der Waals surface area (Å²) in [5.41, 5.74) is 1.59. The van der Waals surface area contributed by atoms with Gasteiger partial charge in [-0.25, -0.2) is 4.79 Å². The molecule has 174 valence electrons. The molecule has 0 aliphatic carbocycles. The largest absolute Gasteiger partial charge is 0.497 e. The van der Waals surface area contributed by atoms with E-state index >= 15 is 0 Å². The van der Waals surface area contributed by atoms with Crippen molar-refractivity contribution in [2.24, 2.45) is 7.05 Å². The molecule has 0 aliphatic rings. The maximum absolute atomic E-state index is 12.6. The van der Waals surface area contributed by atoms with Crippen LogP contribution in [0, 0.1) is 6.92 Å². The van der Waals surface area contributed by atoms with Crippen LogP contribution in [0.2, 0.25) is 0 Å². The van der Waals surface area contributed by atoms with Gasteiger partial charge in [0.2, 0.25) is 5.91 Å². The van der Waals surface area contributed by atoms with Crippen molar-refractivity contribution in [2.45, 2.75) is 25.9 Å². The molecule has 0 fully saturated rings. The van der Waals surface area contributed by atoms with Crippen LogP contribution in [0.25, 0.3) is 11.4 Å². The molecule has 0 unspecified atom stereocenters. The summed E-state index contributed by atoms with van der Waals surface area (Å²) in [4.78, 5) is 37.4. The van der Waals surface area contributed by atoms with E-state index in [0.29, 0.717) is 26.4 Å². The highest BCUT2D eigenvalue weighted by Crippen LogP contribution is 2.34. The number of aromatic nitrogens is 3. The minimum atomic E-state index is -0.570. The van der Waals surface area contributed by atoms with Crippen molar-refractivity contribution in [1.29, 1.82) is 0 Å². The molecular weight excluding hydrogens is 464 g/mol. The average molecular weight is 489 g/mol. The molecule has 0 aliphatic heterocycles. The van der Waals surface area contributed by atoms with Gasteiger partial charge in [0.1, 0.15) is 10.8 Å². The summed E-state index contributed by atoms with van der Waals surface area (Å²) in [5.74, 6) is 0.359. The lowest BCUT2D eigenvalue weighted by Gasteiger charge is -2.07. The van der Waals surface area contributed by atoms with Crippen LogP contribution in [0.4, 0.5) is 5.00 Å². The molecule has 11 heteroatoms. The van der Waals surface area contributed by atoms with Crippen LogP contribution in [0.15, 0.2) is 29.4 Å². The van der Waals surface area contributed by atoms with Gasteiger partial charge in [0.15, 0.2) is 16.8 Å². The van der Waals surface area contributed by atoms with Crippen molar-refractivity contribution >= 4 is 45.8 Å². The number of ketones is 1. The number of hydrogen-bond donors (Lipinski definition) is 1. The Labute approximate surface area is 199 Å². The predicted molar refractivity (Wildman–Crippen MR) is 127 cm³/mol. The molecule has 0 saturated carbocycles. The zero-order chi connectivity index (χ0) is 24.1. The molecule has 1 aromatic carbocycles. The van der Waals surface area contributed by atoms with E-state index in [2.05, 4.69) is 15.5 Å². The number of ether oxygens (including phenoxy) is 2. The first-order valence-corrected chi connectivity index (χ1v) is 11.8. The Morgan fingerprint density at radius 1 is 1.18 bits per heavy atom. The lowest BCUT2D eigenvalue weighted by atomic mass is 10.1. The lowest BCUT2D eigenvalue weighted by Crippen LogP contribution is -2.16. The lowest BCUT2D eigenvalue weighted by molar-refractivity contribution is -0.113. The number of carbonyl (C=O) groups excluding carboxylic acids is 3. The number of thioether (sulfide) groups is 1. The Balaban J connectivity index is 1.72. The van der Waals surface area contributed by atoms with E-state index in [0.717, 1.165) is 22.6 Å². The van der Waals surface area contributed by atoms with Gasteiger partial charge >= 0.3 is 5.97 Å². The fourth-order valence-corrected chi connectivity index (χ4v) is 4.93. The minimum absolute atomic E-state index is 0.0448. The number of carbonyl (C=O) groups is 3. The van der Waals surface area contributed by atoms with E-state index in [1.165, 1.54) is 18.7 Å². The maximum Gasteiger partial charge on any atom is 0.341 e. The molecule has 0 radical (unpaired) electrons. The quantitative estimate of drug-likeness (QED) is 0.274. The fourth-order valence-electron chi connectivity index (χ4n) is 3.11. The number of thiophene rings is 1. The topological polar surface area (TPSA) is 112 Å². The summed E-state index contributed by atoms with van der Waals surface area (Å²) in [6.07, 6.45) is 0. The third-order valence-electron chi connectivity index (χ3n) is 4.71. The van der Waals surface area contributed by atoms with Gasteiger partial charge in [-0.3, -0.25) is 9.59 Å². The SMILES string of the molecule is CCOC(=O)c1c(NC(=O)CSc2nnc(-c3ccc(OC)cc3)n2C)sc(C(C)=O)c1C. The number of esters is 1. The molecule has 0 bridgehead atoms. The highest BCUT2D eigenvalue weighted by Gasteiger charge is 2.25. The normalized spacial score (nSPS) is 10.7. The van der Waals surface area contributed by atoms with Crippen LogP contribution in [-0.4, -0.2) is 51.9 Å². The van der Waals surface area contributed by atoms with Crippen molar-refractivity contribution in [3.05, 3.63) is 40.3 Å². The fraction of sp³-hybridized carbons (Fsp3) is 0.318. The number of amides is 1. The summed E-state index contributed by atoms with van der Waals surface area (Å²) in [7, 11) is 3.42. The number of nitrogens with zero attached hydrogens (tertiary/aromatic N) is 3. The van der Waals surface area contributed by atoms with E-state index in [-0.39, 0.29) is 29.6 Å². The van der Waals surface area contributed by atoms with Crippen LogP contribution < -0.4 is 10.1 Å². The average Bonchev–Trinajstić information content (AvgIpc) is 3.32. The molecule has 1 amide bonds. The molecule has 33 heavy (non-hydrogen) atoms. The summed E-state index contributed by atoms with van der Waals surface area (Å²) >= 11 is 2.28. The Morgan fingerprint density at radius 3 is 2.48 bits per heavy atom. The van der Waals surface area contributed by atoms with Gasteiger partial charge in [0, 0.05) is 12.6 Å². The summed E-state index contributed by atoms with van der Waals surface area (Å²) < 4.78 is 12.1. The van der Waals surface area contributed by atoms with E-state index in [9.17, 15) is 14.4 Å². The van der Waals surface area contributed by atoms with E-state index in [4.69, 9.17) is 9.47 Å². The first kappa shape index (κ1) is 24.5. The van der Waals surface area contributed by atoms with Gasteiger partial charge in [-0.15, -0.1) is 21.5 Å². The highest BCUT2D eigenvalue weighted by atomic mass is 32.2. The number of hydrogen-bond acceptors (Lipinski definition) is 9. The molecule has 0 spiro atoms. The number of anilines is 1. The number of rotatable bonds is 9. The van der Waals surface area contributed by atoms with Crippen molar-refractivity contribution in [3.63, 3.8) is 0 Å². The van der Waals surface area contributed by atoms with Gasteiger partial charge in [-0.2, -0.15) is 0 Å². The summed E-state index contributed by atoms with van der Waals surface area (Å²) in [6.45, 7) is 4.98. The maximum atomic E-state index is 12.6. The number of Topliss-reactive ketones (excluding diaryl/α,β-unsaturated/α-hetero) is 1. The monoisotopic (exact) mass is 488 g/mol. The third kappa shape index (κ3) is 5.42. The van der Waals surface area contributed by atoms with Crippen molar-refractivity contribution in [2.75, 3.05) is 24.8 Å². The Morgan fingerprint density at radius 2 is 1.88 bits per heavy atom. The Hall–Kier alpha value is -3.18. The molecule has 3 rings (SSSR count). The summed E-state index contributed by atoms with van der Waals surface area (Å²) in [6, 6.07) is 7.44. The second-order valence-corrected chi connectivity index (χ2v) is 8.93. The van der Waals surface area contributed by atoms with Crippen molar-refractivity contribution in [3.8, 4) is 17.1 Å². The van der Waals surface area contributed by atoms with Gasteiger partial charge in [0.25, 0.3) is 0 Å². The van der Waals surface area contributed by atoms with Crippen LogP contribution in [0.5, 0.6) is 5.75 Å². The van der Waals surface area contributed by atoms with E-state index in [1.807, 2.05) is 31.3 Å². The second kappa shape index (κ2) is 10.6. The molecular formula is C22H24N4O5S2. The smallest absolute Gasteiger partial charge is 0.341 e. The van der Waals surface area contributed by atoms with E-state index < -0.39 is 5.97 Å². The molecule has 1 N–H and O–H groups in total. The Bertz CT molecular complexity index is 1180. The first-order chi connectivity index (χ1) is 15.8. The van der Waals surface area contributed by atoms with Crippen LogP contribution in [0.1, 0.15) is 39.4 Å². The van der Waals surface area contributed by atoms with Gasteiger partial charge in [0.05, 0.1) is 29.9 Å². The van der Waals surface area contributed by atoms with Crippen molar-refractivity contribution in [1.82, 2.24) is 14.8 Å². The van der Waals surface area contributed by atoms with Crippen molar-refractivity contribution < 1.29 is 23.9 Å². The van der Waals surface area contributed by atoms with Gasteiger partial charge in [-0.05, 0) is 50.6 Å². The molecule has 0 saturated heterocycles. The number of nitrogens with one attached hydrogen (secondary N) is 1. The standard InChI is InChI=1S/C22H24N4O5S2/c1-6-31-21(29)17-12(2)18(13(3)27)33-20(17)23-16(28)11-32-22-25-24-19(26(22)4)14-7-9-15(30-5)10-8-14/h7-10H,6,11H2,1-5H3,(H,23,28). The molecule has 2 aromatic heterocycles. The van der Waals surface area contributed by atoms with Crippen LogP contribution in [0.3, 0.4) is 0 Å². The Kier molecular flexibility index (Phi) is 7.88. The van der Waals surface area contributed by atoms with E-state index in [1.54, 1.807) is 25.5 Å². The molecule has 3 aromatic rings.